The fraction of sp³-hybridized carbons (Fsp3) is 0.212. The van der Waals surface area contributed by atoms with Gasteiger partial charge in [-0.1, -0.05) is 47.5 Å². The maximum atomic E-state index is 13.8. The van der Waals surface area contributed by atoms with Crippen molar-refractivity contribution < 1.29 is 32.2 Å². The second-order valence-electron chi connectivity index (χ2n) is 9.97. The van der Waals surface area contributed by atoms with Crippen LogP contribution in [0.5, 0.6) is 23.0 Å². The average Bonchev–Trinajstić information content (AvgIpc) is 3.03. The van der Waals surface area contributed by atoms with Crippen molar-refractivity contribution in [3.05, 3.63) is 106 Å². The molecule has 236 valence electrons. The van der Waals surface area contributed by atoms with Gasteiger partial charge in [0, 0.05) is 6.07 Å². The van der Waals surface area contributed by atoms with E-state index in [1.54, 1.807) is 36.4 Å². The van der Waals surface area contributed by atoms with Gasteiger partial charge in [-0.3, -0.25) is 9.10 Å². The Morgan fingerprint density at radius 2 is 1.47 bits per heavy atom. The van der Waals surface area contributed by atoms with Crippen LogP contribution in [0.15, 0.2) is 93.3 Å². The summed E-state index contributed by atoms with van der Waals surface area (Å²) >= 11 is 3.53. The molecule has 0 fully saturated rings. The van der Waals surface area contributed by atoms with Crippen LogP contribution >= 0.6 is 15.9 Å². The van der Waals surface area contributed by atoms with E-state index < -0.39 is 22.5 Å². The summed E-state index contributed by atoms with van der Waals surface area (Å²) in [6.45, 7) is 3.72. The van der Waals surface area contributed by atoms with Crippen molar-refractivity contribution in [2.45, 2.75) is 25.3 Å². The number of carbonyl (C=O) groups is 1. The first kappa shape index (κ1) is 33.3. The maximum absolute atomic E-state index is 13.8. The third-order valence-corrected chi connectivity index (χ3v) is 9.07. The molecule has 0 spiro atoms. The minimum absolute atomic E-state index is 0.0707. The molecule has 4 aromatic carbocycles. The summed E-state index contributed by atoms with van der Waals surface area (Å²) in [6.07, 6.45) is 1.42. The lowest BCUT2D eigenvalue weighted by Crippen LogP contribution is -2.39. The number of nitrogens with zero attached hydrogens (tertiary/aromatic N) is 2. The van der Waals surface area contributed by atoms with Crippen LogP contribution in [0, 0.1) is 13.8 Å². The van der Waals surface area contributed by atoms with E-state index in [0.29, 0.717) is 39.6 Å². The molecule has 1 amide bonds. The van der Waals surface area contributed by atoms with Crippen LogP contribution < -0.4 is 28.7 Å². The highest BCUT2D eigenvalue weighted by Gasteiger charge is 2.28. The van der Waals surface area contributed by atoms with Gasteiger partial charge in [-0.05, 0) is 77.3 Å². The summed E-state index contributed by atoms with van der Waals surface area (Å²) in [5.74, 6) is 0.952. The van der Waals surface area contributed by atoms with Gasteiger partial charge in [0.2, 0.25) is 0 Å². The molecule has 0 aliphatic carbocycles. The first-order chi connectivity index (χ1) is 21.5. The number of aryl methyl sites for hydroxylation is 2. The fourth-order valence-electron chi connectivity index (χ4n) is 4.27. The molecule has 1 N–H and O–H groups in total. The van der Waals surface area contributed by atoms with Crippen LogP contribution in [0.4, 0.5) is 5.69 Å². The third-order valence-electron chi connectivity index (χ3n) is 6.71. The Morgan fingerprint density at radius 3 is 2.09 bits per heavy atom. The number of nitrogens with one attached hydrogen (secondary N) is 1. The second kappa shape index (κ2) is 15.0. The van der Waals surface area contributed by atoms with Gasteiger partial charge in [0.05, 0.1) is 42.6 Å². The molecule has 0 aliphatic heterocycles. The quantitative estimate of drug-likeness (QED) is 0.134. The highest BCUT2D eigenvalue weighted by Crippen LogP contribution is 2.37. The van der Waals surface area contributed by atoms with Gasteiger partial charge in [0.1, 0.15) is 13.2 Å². The van der Waals surface area contributed by atoms with Crippen LogP contribution in [-0.4, -0.2) is 48.4 Å². The summed E-state index contributed by atoms with van der Waals surface area (Å²) in [7, 11) is 0.206. The van der Waals surface area contributed by atoms with E-state index in [1.165, 1.54) is 45.7 Å². The zero-order chi connectivity index (χ0) is 32.6. The number of carbonyl (C=O) groups excluding carboxylic acids is 1. The Hall–Kier alpha value is -4.55. The van der Waals surface area contributed by atoms with E-state index in [2.05, 4.69) is 26.5 Å². The standard InChI is InChI=1S/C33H34BrN3O7S/c1-22-6-10-24(11-7-22)21-44-33-28(34)16-25(17-31(33)43-5)19-35-36-32(38)20-37(26-12-8-23(2)9-13-26)45(39,40)27-14-15-29(41-3)30(18-27)42-4/h6-19H,20-21H2,1-5H3,(H,36,38)/b35-19-. The number of anilines is 1. The zero-order valence-corrected chi connectivity index (χ0v) is 27.9. The molecule has 0 saturated heterocycles. The second-order valence-corrected chi connectivity index (χ2v) is 12.7. The highest BCUT2D eigenvalue weighted by atomic mass is 79.9. The molecule has 45 heavy (non-hydrogen) atoms. The topological polar surface area (TPSA) is 116 Å². The maximum Gasteiger partial charge on any atom is 0.264 e. The number of rotatable bonds is 13. The molecule has 0 unspecified atom stereocenters. The van der Waals surface area contributed by atoms with Gasteiger partial charge in [-0.15, -0.1) is 0 Å². The number of ether oxygens (including phenoxy) is 4. The van der Waals surface area contributed by atoms with E-state index in [9.17, 15) is 13.2 Å². The van der Waals surface area contributed by atoms with Crippen molar-refractivity contribution in [3.63, 3.8) is 0 Å². The van der Waals surface area contributed by atoms with Crippen molar-refractivity contribution >= 4 is 43.8 Å². The van der Waals surface area contributed by atoms with E-state index in [0.717, 1.165) is 21.0 Å². The predicted molar refractivity (Wildman–Crippen MR) is 177 cm³/mol. The van der Waals surface area contributed by atoms with Gasteiger partial charge < -0.3 is 18.9 Å². The smallest absolute Gasteiger partial charge is 0.264 e. The van der Waals surface area contributed by atoms with Crippen molar-refractivity contribution in [3.8, 4) is 23.0 Å². The first-order valence-corrected chi connectivity index (χ1v) is 16.0. The van der Waals surface area contributed by atoms with Crippen LogP contribution in [0.1, 0.15) is 22.3 Å². The highest BCUT2D eigenvalue weighted by molar-refractivity contribution is 9.10. The van der Waals surface area contributed by atoms with Crippen LogP contribution in [0.25, 0.3) is 0 Å². The summed E-state index contributed by atoms with van der Waals surface area (Å²) in [5.41, 5.74) is 6.45. The minimum Gasteiger partial charge on any atom is -0.493 e. The Bertz CT molecular complexity index is 1780. The Balaban J connectivity index is 1.51. The molecule has 0 bridgehead atoms. The van der Waals surface area contributed by atoms with Gasteiger partial charge >= 0.3 is 0 Å². The van der Waals surface area contributed by atoms with E-state index in [-0.39, 0.29) is 10.6 Å². The number of halogens is 1. The lowest BCUT2D eigenvalue weighted by molar-refractivity contribution is -0.119. The molecule has 4 aromatic rings. The van der Waals surface area contributed by atoms with E-state index in [4.69, 9.17) is 18.9 Å². The SMILES string of the molecule is COc1ccc(S(=O)(=O)N(CC(=O)N/N=C\c2cc(Br)c(OCc3ccc(C)cc3)c(OC)c2)c2ccc(C)cc2)cc1OC. The Kier molecular flexibility index (Phi) is 11.1. The number of amides is 1. The minimum atomic E-state index is -4.20. The monoisotopic (exact) mass is 695 g/mol. The molecule has 0 radical (unpaired) electrons. The molecule has 0 aliphatic rings. The fourth-order valence-corrected chi connectivity index (χ4v) is 6.28. The number of hydrogen-bond donors (Lipinski definition) is 1. The van der Waals surface area contributed by atoms with Crippen molar-refractivity contribution in [1.29, 1.82) is 0 Å². The lowest BCUT2D eigenvalue weighted by Gasteiger charge is -2.24. The van der Waals surface area contributed by atoms with Gasteiger partial charge in [0.15, 0.2) is 23.0 Å². The number of hydrogen-bond acceptors (Lipinski definition) is 8. The lowest BCUT2D eigenvalue weighted by atomic mass is 10.2. The van der Waals surface area contributed by atoms with Crippen LogP contribution in [0.3, 0.4) is 0 Å². The normalized spacial score (nSPS) is 11.2. The number of methoxy groups -OCH3 is 3. The van der Waals surface area contributed by atoms with Crippen molar-refractivity contribution in [2.24, 2.45) is 5.10 Å². The first-order valence-electron chi connectivity index (χ1n) is 13.7. The summed E-state index contributed by atoms with van der Waals surface area (Å²) in [6, 6.07) is 22.6. The third kappa shape index (κ3) is 8.34. The number of hydrazone groups is 1. The molecule has 0 heterocycles. The van der Waals surface area contributed by atoms with E-state index >= 15 is 0 Å². The average molecular weight is 697 g/mol. The molecule has 0 atom stereocenters. The van der Waals surface area contributed by atoms with Crippen molar-refractivity contribution in [1.82, 2.24) is 5.43 Å². The summed E-state index contributed by atoms with van der Waals surface area (Å²) in [5, 5.41) is 4.06. The molecule has 0 saturated carbocycles. The predicted octanol–water partition coefficient (Wildman–Crippen LogP) is 6.02. The molecular formula is C33H34BrN3O7S. The number of benzene rings is 4. The zero-order valence-electron chi connectivity index (χ0n) is 25.5. The summed E-state index contributed by atoms with van der Waals surface area (Å²) < 4.78 is 51.3. The Morgan fingerprint density at radius 1 is 0.844 bits per heavy atom. The van der Waals surface area contributed by atoms with E-state index in [1.807, 2.05) is 38.1 Å². The van der Waals surface area contributed by atoms with Gasteiger partial charge in [0.25, 0.3) is 15.9 Å². The van der Waals surface area contributed by atoms with Gasteiger partial charge in [-0.2, -0.15) is 5.10 Å². The molecule has 12 heteroatoms. The molecule has 4 rings (SSSR count). The molecule has 10 nitrogen and oxygen atoms in total. The Labute approximate surface area is 271 Å². The number of sulfonamides is 1. The van der Waals surface area contributed by atoms with Crippen molar-refractivity contribution in [2.75, 3.05) is 32.2 Å². The largest absolute Gasteiger partial charge is 0.493 e. The van der Waals surface area contributed by atoms with Crippen LogP contribution in [0.2, 0.25) is 0 Å². The van der Waals surface area contributed by atoms with Gasteiger partial charge in [-0.25, -0.2) is 13.8 Å². The summed E-state index contributed by atoms with van der Waals surface area (Å²) in [4.78, 5) is 13.0. The molecule has 0 aromatic heterocycles. The molecular weight excluding hydrogens is 662 g/mol. The van der Waals surface area contributed by atoms with Crippen LogP contribution in [-0.2, 0) is 21.4 Å².